The third-order valence-electron chi connectivity index (χ3n) is 7.47. The van der Waals surface area contributed by atoms with Crippen LogP contribution >= 0.6 is 0 Å². The lowest BCUT2D eigenvalue weighted by Gasteiger charge is -2.42. The first kappa shape index (κ1) is 25.7. The Morgan fingerprint density at radius 1 is 1.18 bits per heavy atom. The van der Waals surface area contributed by atoms with E-state index in [9.17, 15) is 14.0 Å². The molecular weight excluding hydrogens is 489 g/mol. The third-order valence-corrected chi connectivity index (χ3v) is 7.47. The fourth-order valence-corrected chi connectivity index (χ4v) is 5.23. The summed E-state index contributed by atoms with van der Waals surface area (Å²) in [6.45, 7) is 4.16. The van der Waals surface area contributed by atoms with Gasteiger partial charge in [-0.15, -0.1) is 0 Å². The van der Waals surface area contributed by atoms with Gasteiger partial charge >= 0.3 is 0 Å². The summed E-state index contributed by atoms with van der Waals surface area (Å²) in [5, 5.41) is 8.06. The van der Waals surface area contributed by atoms with Crippen molar-refractivity contribution < 1.29 is 18.7 Å². The number of carbonyl (C=O) groups is 2. The molecule has 0 bridgehead atoms. The number of nitrogens with zero attached hydrogens (tertiary/aromatic N) is 4. The molecule has 200 valence electrons. The van der Waals surface area contributed by atoms with Crippen molar-refractivity contribution >= 4 is 23.8 Å². The number of rotatable bonds is 9. The van der Waals surface area contributed by atoms with Crippen molar-refractivity contribution in [2.75, 3.05) is 43.9 Å². The Balaban J connectivity index is 1.36. The van der Waals surface area contributed by atoms with Crippen LogP contribution < -0.4 is 26.4 Å². The maximum Gasteiger partial charge on any atom is 0.254 e. The molecule has 2 saturated heterocycles. The lowest BCUT2D eigenvalue weighted by atomic mass is 10.0. The monoisotopic (exact) mass is 521 g/mol. The highest BCUT2D eigenvalue weighted by Gasteiger charge is 2.32. The summed E-state index contributed by atoms with van der Waals surface area (Å²) >= 11 is 0. The van der Waals surface area contributed by atoms with Gasteiger partial charge in [0.1, 0.15) is 28.6 Å². The molecule has 5 rings (SSSR count). The molecular formula is C27H32FN7O3. The zero-order valence-electron chi connectivity index (χ0n) is 21.3. The van der Waals surface area contributed by atoms with Gasteiger partial charge in [-0.25, -0.2) is 9.07 Å². The number of hydrogen-bond acceptors (Lipinski definition) is 7. The molecule has 3 aromatic rings. The van der Waals surface area contributed by atoms with Crippen molar-refractivity contribution in [1.29, 1.82) is 0 Å². The van der Waals surface area contributed by atoms with Gasteiger partial charge in [0.15, 0.2) is 0 Å². The number of anilines is 2. The number of methoxy groups -OCH3 is 1. The van der Waals surface area contributed by atoms with Crippen molar-refractivity contribution in [3.63, 3.8) is 0 Å². The van der Waals surface area contributed by atoms with E-state index in [-0.39, 0.29) is 24.0 Å². The predicted molar refractivity (Wildman–Crippen MR) is 142 cm³/mol. The average Bonchev–Trinajstić information content (AvgIpc) is 3.24. The Labute approximate surface area is 220 Å². The molecule has 10 nitrogen and oxygen atoms in total. The summed E-state index contributed by atoms with van der Waals surface area (Å²) in [6, 6.07) is 12.0. The molecule has 0 atom stereocenters. The van der Waals surface area contributed by atoms with Crippen molar-refractivity contribution in [3.05, 3.63) is 59.4 Å². The Hall–Kier alpha value is -3.96. The van der Waals surface area contributed by atoms with Gasteiger partial charge in [0.2, 0.25) is 6.41 Å². The number of amides is 2. The molecule has 5 N–H and O–H groups in total. The number of benzene rings is 2. The molecule has 11 heteroatoms. The van der Waals surface area contributed by atoms with Crippen LogP contribution in [0.2, 0.25) is 0 Å². The van der Waals surface area contributed by atoms with Gasteiger partial charge in [-0.1, -0.05) is 24.3 Å². The number of hydrogen-bond donors (Lipinski definition) is 3. The van der Waals surface area contributed by atoms with E-state index < -0.39 is 11.7 Å². The summed E-state index contributed by atoms with van der Waals surface area (Å²) in [7, 11) is 1.46. The lowest BCUT2D eigenvalue weighted by molar-refractivity contribution is -0.107. The van der Waals surface area contributed by atoms with Crippen LogP contribution in [0.25, 0.3) is 11.3 Å². The minimum Gasteiger partial charge on any atom is -0.495 e. The van der Waals surface area contributed by atoms with Crippen LogP contribution in [0, 0.1) is 5.82 Å². The molecule has 2 aliphatic heterocycles. The van der Waals surface area contributed by atoms with Gasteiger partial charge < -0.3 is 26.4 Å². The summed E-state index contributed by atoms with van der Waals surface area (Å²) < 4.78 is 20.9. The van der Waals surface area contributed by atoms with E-state index in [0.29, 0.717) is 35.1 Å². The zero-order valence-corrected chi connectivity index (χ0v) is 21.3. The molecule has 38 heavy (non-hydrogen) atoms. The maximum absolute atomic E-state index is 13.8. The number of likely N-dealkylation sites (tertiary alicyclic amines) is 1. The van der Waals surface area contributed by atoms with Crippen molar-refractivity contribution in [2.24, 2.45) is 5.73 Å². The van der Waals surface area contributed by atoms with Crippen LogP contribution in [0.4, 0.5) is 15.9 Å². The van der Waals surface area contributed by atoms with Gasteiger partial charge in [-0.2, -0.15) is 5.10 Å². The molecule has 3 heterocycles. The second-order valence-corrected chi connectivity index (χ2v) is 9.74. The number of halogens is 1. The Bertz CT molecular complexity index is 1310. The second-order valence-electron chi connectivity index (χ2n) is 9.74. The standard InChI is InChI=1S/C27H32FN7O3/c1-38-23-7-6-19(28)12-22(23)34(16-36)15-17-2-4-18(5-3-17)25-24(27(30)37)26(29)35(32-25)20-8-10-33(11-9-20)21-13-31-14-21/h2-7,12,16,20-21,31H,8-11,13-15,29H2,1H3,(H2,30,37). The first-order valence-electron chi connectivity index (χ1n) is 12.7. The van der Waals surface area contributed by atoms with Crippen LogP contribution in [-0.4, -0.2) is 66.3 Å². The lowest BCUT2D eigenvalue weighted by Crippen LogP contribution is -2.58. The van der Waals surface area contributed by atoms with E-state index in [1.54, 1.807) is 4.68 Å². The number of nitrogen functional groups attached to an aromatic ring is 1. The second kappa shape index (κ2) is 10.8. The summed E-state index contributed by atoms with van der Waals surface area (Å²) in [5.74, 6) is -0.430. The number of nitrogens with two attached hydrogens (primary N) is 2. The number of ether oxygens (including phenoxy) is 1. The smallest absolute Gasteiger partial charge is 0.254 e. The Kier molecular flexibility index (Phi) is 7.30. The molecule has 2 aliphatic rings. The third kappa shape index (κ3) is 4.94. The van der Waals surface area contributed by atoms with Gasteiger partial charge in [-0.3, -0.25) is 14.5 Å². The van der Waals surface area contributed by atoms with Gasteiger partial charge in [0.05, 0.1) is 25.4 Å². The van der Waals surface area contributed by atoms with E-state index in [0.717, 1.165) is 44.6 Å². The van der Waals surface area contributed by atoms with E-state index in [1.807, 2.05) is 24.3 Å². The molecule has 1 aromatic heterocycles. The normalized spacial score (nSPS) is 16.7. The summed E-state index contributed by atoms with van der Waals surface area (Å²) in [6.07, 6.45) is 2.42. The Morgan fingerprint density at radius 3 is 2.47 bits per heavy atom. The molecule has 0 saturated carbocycles. The highest BCUT2D eigenvalue weighted by Crippen LogP contribution is 2.34. The number of carbonyl (C=O) groups excluding carboxylic acids is 2. The fraction of sp³-hybridized carbons (Fsp3) is 0.370. The first-order valence-corrected chi connectivity index (χ1v) is 12.7. The largest absolute Gasteiger partial charge is 0.495 e. The number of primary amides is 1. The van der Waals surface area contributed by atoms with E-state index in [4.69, 9.17) is 21.3 Å². The van der Waals surface area contributed by atoms with Crippen molar-refractivity contribution in [1.82, 2.24) is 20.0 Å². The minimum atomic E-state index is -0.629. The van der Waals surface area contributed by atoms with Crippen LogP contribution in [0.15, 0.2) is 42.5 Å². The molecule has 0 aliphatic carbocycles. The summed E-state index contributed by atoms with van der Waals surface area (Å²) in [5.41, 5.74) is 14.6. The van der Waals surface area contributed by atoms with Crippen molar-refractivity contribution in [3.8, 4) is 17.0 Å². The molecule has 2 fully saturated rings. The number of aromatic nitrogens is 2. The van der Waals surface area contributed by atoms with Gasteiger partial charge in [0.25, 0.3) is 5.91 Å². The maximum atomic E-state index is 13.8. The Morgan fingerprint density at radius 2 is 1.89 bits per heavy atom. The number of nitrogens with one attached hydrogen (secondary N) is 1. The fourth-order valence-electron chi connectivity index (χ4n) is 5.23. The molecule has 0 unspecified atom stereocenters. The van der Waals surface area contributed by atoms with Gasteiger partial charge in [-0.05, 0) is 30.5 Å². The average molecular weight is 522 g/mol. The highest BCUT2D eigenvalue weighted by molar-refractivity contribution is 6.03. The highest BCUT2D eigenvalue weighted by atomic mass is 19.1. The first-order chi connectivity index (χ1) is 18.4. The quantitative estimate of drug-likeness (QED) is 0.368. The van der Waals surface area contributed by atoms with Crippen LogP contribution in [0.5, 0.6) is 5.75 Å². The van der Waals surface area contributed by atoms with E-state index >= 15 is 0 Å². The van der Waals surface area contributed by atoms with Crippen molar-refractivity contribution in [2.45, 2.75) is 31.5 Å². The summed E-state index contributed by atoms with van der Waals surface area (Å²) in [4.78, 5) is 28.1. The van der Waals surface area contributed by atoms with E-state index in [2.05, 4.69) is 10.2 Å². The van der Waals surface area contributed by atoms with Crippen LogP contribution in [-0.2, 0) is 11.3 Å². The van der Waals surface area contributed by atoms with Crippen LogP contribution in [0.3, 0.4) is 0 Å². The zero-order chi connectivity index (χ0) is 26.8. The molecule has 2 aromatic carbocycles. The minimum absolute atomic E-state index is 0.0906. The topological polar surface area (TPSA) is 132 Å². The predicted octanol–water partition coefficient (Wildman–Crippen LogP) is 2.15. The van der Waals surface area contributed by atoms with Crippen LogP contribution in [0.1, 0.15) is 34.8 Å². The molecule has 2 amide bonds. The van der Waals surface area contributed by atoms with E-state index in [1.165, 1.54) is 30.2 Å². The molecule has 0 radical (unpaired) electrons. The SMILES string of the molecule is COc1ccc(F)cc1N(C=O)Cc1ccc(-c2nn(C3CCN(C4CNC4)CC3)c(N)c2C(N)=O)cc1. The van der Waals surface area contributed by atoms with Gasteiger partial charge in [0, 0.05) is 43.9 Å². The molecule has 0 spiro atoms. The number of piperidine rings is 1.